The van der Waals surface area contributed by atoms with Crippen molar-refractivity contribution < 1.29 is 28.6 Å². The smallest absolute Gasteiger partial charge is 0.306 e. The first kappa shape index (κ1) is 78.6. The van der Waals surface area contributed by atoms with Crippen LogP contribution in [0.2, 0.25) is 0 Å². The van der Waals surface area contributed by atoms with Crippen molar-refractivity contribution in [3.63, 3.8) is 0 Å². The van der Waals surface area contributed by atoms with E-state index < -0.39 is 6.10 Å². The third-order valence-corrected chi connectivity index (χ3v) is 15.6. The summed E-state index contributed by atoms with van der Waals surface area (Å²) in [6, 6.07) is 0. The van der Waals surface area contributed by atoms with Gasteiger partial charge in [0.25, 0.3) is 0 Å². The second-order valence-corrected chi connectivity index (χ2v) is 23.8. The number of allylic oxidation sites excluding steroid dienone is 14. The first-order valence-corrected chi connectivity index (χ1v) is 35.6. The summed E-state index contributed by atoms with van der Waals surface area (Å²) in [7, 11) is 0. The number of hydrogen-bond donors (Lipinski definition) is 0. The van der Waals surface area contributed by atoms with E-state index in [9.17, 15) is 14.4 Å². The predicted octanol–water partition coefficient (Wildman–Crippen LogP) is 24.6. The summed E-state index contributed by atoms with van der Waals surface area (Å²) in [5.41, 5.74) is 0. The van der Waals surface area contributed by atoms with E-state index in [1.807, 2.05) is 0 Å². The van der Waals surface area contributed by atoms with Gasteiger partial charge in [-0.05, 0) is 96.3 Å². The van der Waals surface area contributed by atoms with Crippen LogP contribution in [0.5, 0.6) is 0 Å². The minimum atomic E-state index is -0.779. The van der Waals surface area contributed by atoms with Crippen molar-refractivity contribution >= 4 is 17.9 Å². The average molecular weight is 1140 g/mol. The van der Waals surface area contributed by atoms with Crippen molar-refractivity contribution in [3.05, 3.63) is 85.1 Å². The molecule has 474 valence electrons. The molecule has 82 heavy (non-hydrogen) atoms. The van der Waals surface area contributed by atoms with E-state index in [4.69, 9.17) is 14.2 Å². The molecule has 1 atom stereocenters. The number of rotatable bonds is 65. The topological polar surface area (TPSA) is 78.9 Å². The quantitative estimate of drug-likeness (QED) is 0.0261. The maximum Gasteiger partial charge on any atom is 0.306 e. The fourth-order valence-corrected chi connectivity index (χ4v) is 10.3. The molecule has 0 radical (unpaired) electrons. The molecule has 0 N–H and O–H groups in total. The van der Waals surface area contributed by atoms with Gasteiger partial charge in [-0.2, -0.15) is 0 Å². The summed E-state index contributed by atoms with van der Waals surface area (Å²) in [6.45, 7) is 6.56. The molecule has 0 saturated heterocycles. The van der Waals surface area contributed by atoms with Gasteiger partial charge in [0, 0.05) is 19.3 Å². The Morgan fingerprint density at radius 2 is 0.476 bits per heavy atom. The normalized spacial score (nSPS) is 12.6. The largest absolute Gasteiger partial charge is 0.462 e. The Balaban J connectivity index is 4.30. The van der Waals surface area contributed by atoms with Crippen LogP contribution in [0.15, 0.2) is 85.1 Å². The lowest BCUT2D eigenvalue weighted by atomic mass is 10.0. The number of carbonyl (C=O) groups excluding carboxylic acids is 3. The third-order valence-electron chi connectivity index (χ3n) is 15.6. The highest BCUT2D eigenvalue weighted by Gasteiger charge is 2.19. The highest BCUT2D eigenvalue weighted by molar-refractivity contribution is 5.71. The van der Waals surface area contributed by atoms with Crippen molar-refractivity contribution in [2.75, 3.05) is 13.2 Å². The molecule has 0 amide bonds. The fourth-order valence-electron chi connectivity index (χ4n) is 10.3. The van der Waals surface area contributed by atoms with Crippen LogP contribution in [0, 0.1) is 0 Å². The molecule has 0 spiro atoms. The molecule has 0 aromatic rings. The van der Waals surface area contributed by atoms with Gasteiger partial charge in [0.1, 0.15) is 13.2 Å². The van der Waals surface area contributed by atoms with Gasteiger partial charge >= 0.3 is 17.9 Å². The Labute approximate surface area is 509 Å². The SMILES string of the molecule is CC/C=C\C/C=C\C/C=C\C/C=C\C/C=C\CCCCCCCCCCCCCC(=O)OCC(COC(=O)CCCCCCCCCCCCCCCC)OC(=O)CCCCCCCCCCCCC/C=C\C/C=C\CCCCCCC. The summed E-state index contributed by atoms with van der Waals surface area (Å²) in [5, 5.41) is 0. The van der Waals surface area contributed by atoms with Gasteiger partial charge in [0.2, 0.25) is 0 Å². The van der Waals surface area contributed by atoms with Crippen LogP contribution in [0.25, 0.3) is 0 Å². The number of ether oxygens (including phenoxy) is 3. The van der Waals surface area contributed by atoms with Gasteiger partial charge in [-0.25, -0.2) is 0 Å². The van der Waals surface area contributed by atoms with Crippen LogP contribution in [0.4, 0.5) is 0 Å². The minimum Gasteiger partial charge on any atom is -0.462 e. The molecule has 0 heterocycles. The molecule has 0 aliphatic rings. The van der Waals surface area contributed by atoms with Gasteiger partial charge in [-0.3, -0.25) is 14.4 Å². The Kier molecular flexibility index (Phi) is 67.2. The van der Waals surface area contributed by atoms with Gasteiger partial charge < -0.3 is 14.2 Å². The first-order chi connectivity index (χ1) is 40.5. The Morgan fingerprint density at radius 1 is 0.256 bits per heavy atom. The fraction of sp³-hybridized carbons (Fsp3) is 0.776. The molecular formula is C76H134O6. The molecule has 6 heteroatoms. The van der Waals surface area contributed by atoms with E-state index in [1.54, 1.807) is 0 Å². The Hall–Kier alpha value is -3.41. The lowest BCUT2D eigenvalue weighted by Gasteiger charge is -2.18. The first-order valence-electron chi connectivity index (χ1n) is 35.6. The van der Waals surface area contributed by atoms with Crippen molar-refractivity contribution in [2.45, 2.75) is 367 Å². The molecule has 6 nitrogen and oxygen atoms in total. The summed E-state index contributed by atoms with van der Waals surface area (Å²) >= 11 is 0. The van der Waals surface area contributed by atoms with Crippen molar-refractivity contribution in [3.8, 4) is 0 Å². The third kappa shape index (κ3) is 67.4. The van der Waals surface area contributed by atoms with Gasteiger partial charge in [0.15, 0.2) is 6.10 Å². The van der Waals surface area contributed by atoms with Crippen LogP contribution < -0.4 is 0 Å². The van der Waals surface area contributed by atoms with Crippen LogP contribution in [-0.4, -0.2) is 37.2 Å². The lowest BCUT2D eigenvalue weighted by Crippen LogP contribution is -2.30. The van der Waals surface area contributed by atoms with Crippen LogP contribution in [0.3, 0.4) is 0 Å². The van der Waals surface area contributed by atoms with Crippen LogP contribution in [0.1, 0.15) is 361 Å². The lowest BCUT2D eigenvalue weighted by molar-refractivity contribution is -0.167. The van der Waals surface area contributed by atoms with Gasteiger partial charge in [-0.1, -0.05) is 331 Å². The second kappa shape index (κ2) is 70.1. The number of unbranched alkanes of at least 4 members (excludes halogenated alkanes) is 40. The summed E-state index contributed by atoms with van der Waals surface area (Å²) < 4.78 is 17.0. The molecule has 0 aromatic heterocycles. The summed E-state index contributed by atoms with van der Waals surface area (Å²) in [6.07, 6.45) is 93.2. The number of carbonyl (C=O) groups is 3. The maximum absolute atomic E-state index is 13.0. The molecular weight excluding hydrogens is 1010 g/mol. The average Bonchev–Trinajstić information content (AvgIpc) is 3.48. The van der Waals surface area contributed by atoms with E-state index in [0.29, 0.717) is 19.3 Å². The van der Waals surface area contributed by atoms with Gasteiger partial charge in [0.05, 0.1) is 0 Å². The monoisotopic (exact) mass is 1140 g/mol. The molecule has 0 aliphatic heterocycles. The standard InChI is InChI=1S/C76H134O6/c1-4-7-10-13-16-19-22-25-28-30-32-34-36-37-38-39-41-42-44-46-48-51-54-57-60-63-66-69-75(78)81-72-73(71-80-74(77)68-65-62-59-56-53-50-27-24-21-18-15-12-9-6-3)82-76(79)70-67-64-61-58-55-52-49-47-45-43-40-35-33-31-29-26-23-20-17-14-11-8-5-2/h7,10,16,19,23,25-26,28,31-34,37-38,73H,4-6,8-9,11-15,17-18,20-22,24,27,29-30,35-36,39-72H2,1-3H3/b10-7-,19-16-,26-23-,28-25-,33-31-,34-32-,38-37-. The van der Waals surface area contributed by atoms with E-state index in [-0.39, 0.29) is 31.1 Å². The molecule has 0 rings (SSSR count). The highest BCUT2D eigenvalue weighted by Crippen LogP contribution is 2.18. The highest BCUT2D eigenvalue weighted by atomic mass is 16.6. The minimum absolute atomic E-state index is 0.0736. The van der Waals surface area contributed by atoms with E-state index >= 15 is 0 Å². The summed E-state index contributed by atoms with van der Waals surface area (Å²) in [4.78, 5) is 38.5. The predicted molar refractivity (Wildman–Crippen MR) is 358 cm³/mol. The zero-order chi connectivity index (χ0) is 59.2. The zero-order valence-electron chi connectivity index (χ0n) is 54.5. The van der Waals surface area contributed by atoms with Gasteiger partial charge in [-0.15, -0.1) is 0 Å². The van der Waals surface area contributed by atoms with E-state index in [2.05, 4.69) is 106 Å². The molecule has 0 bridgehead atoms. The van der Waals surface area contributed by atoms with Crippen molar-refractivity contribution in [2.24, 2.45) is 0 Å². The zero-order valence-corrected chi connectivity index (χ0v) is 54.5. The molecule has 0 fully saturated rings. The van der Waals surface area contributed by atoms with Crippen molar-refractivity contribution in [1.82, 2.24) is 0 Å². The maximum atomic E-state index is 13.0. The van der Waals surface area contributed by atoms with E-state index in [0.717, 1.165) is 96.3 Å². The van der Waals surface area contributed by atoms with Crippen molar-refractivity contribution in [1.29, 1.82) is 0 Å². The molecule has 0 aliphatic carbocycles. The molecule has 1 unspecified atom stereocenters. The Morgan fingerprint density at radius 3 is 0.744 bits per heavy atom. The van der Waals surface area contributed by atoms with Crippen LogP contribution >= 0.6 is 0 Å². The Bertz CT molecular complexity index is 1550. The second-order valence-electron chi connectivity index (χ2n) is 23.8. The molecule has 0 aromatic carbocycles. The van der Waals surface area contributed by atoms with Crippen LogP contribution in [-0.2, 0) is 28.6 Å². The summed E-state index contributed by atoms with van der Waals surface area (Å²) in [5.74, 6) is -0.858. The number of hydrogen-bond acceptors (Lipinski definition) is 6. The van der Waals surface area contributed by atoms with E-state index in [1.165, 1.54) is 225 Å². The number of esters is 3. The molecule has 0 saturated carbocycles.